The first-order valence-corrected chi connectivity index (χ1v) is 11.7. The van der Waals surface area contributed by atoms with Gasteiger partial charge in [-0.2, -0.15) is 0 Å². The number of rotatable bonds is 11. The fraction of sp³-hybridized carbons (Fsp3) is 0.400. The van der Waals surface area contributed by atoms with Crippen LogP contribution in [0.25, 0.3) is 10.6 Å². The number of nitrogens with zero attached hydrogens (tertiary/aromatic N) is 2. The van der Waals surface area contributed by atoms with Crippen molar-refractivity contribution in [2.75, 3.05) is 13.2 Å². The summed E-state index contributed by atoms with van der Waals surface area (Å²) >= 11 is 1.47. The van der Waals surface area contributed by atoms with Crippen molar-refractivity contribution in [1.82, 2.24) is 9.97 Å². The van der Waals surface area contributed by atoms with Crippen LogP contribution in [0.15, 0.2) is 42.7 Å². The van der Waals surface area contributed by atoms with E-state index >= 15 is 0 Å². The van der Waals surface area contributed by atoms with Crippen LogP contribution in [0, 0.1) is 18.8 Å². The Morgan fingerprint density at radius 3 is 2.72 bits per heavy atom. The van der Waals surface area contributed by atoms with Crippen LogP contribution in [0.3, 0.4) is 0 Å². The number of aryl methyl sites for hydroxylation is 1. The van der Waals surface area contributed by atoms with Gasteiger partial charge in [-0.3, -0.25) is 0 Å². The van der Waals surface area contributed by atoms with E-state index in [2.05, 4.69) is 9.97 Å². The highest BCUT2D eigenvalue weighted by Gasteiger charge is 2.22. The Bertz CT molecular complexity index is 1080. The van der Waals surface area contributed by atoms with Gasteiger partial charge in [0, 0.05) is 30.3 Å². The minimum absolute atomic E-state index is 0.174. The SMILES string of the molecule is CC(=O)C[C@@H](C)COc1cnc(-c2cnc(Oc3cccc(OCC4CC4)c3)cc2C)s1. The number of pyridine rings is 1. The molecule has 1 atom stereocenters. The number of carbonyl (C=O) groups is 1. The predicted molar refractivity (Wildman–Crippen MR) is 125 cm³/mol. The fourth-order valence-corrected chi connectivity index (χ4v) is 4.13. The van der Waals surface area contributed by atoms with Crippen molar-refractivity contribution in [2.24, 2.45) is 11.8 Å². The molecule has 2 heterocycles. The number of ether oxygens (including phenoxy) is 3. The van der Waals surface area contributed by atoms with Crippen molar-refractivity contribution in [2.45, 2.75) is 40.0 Å². The number of Topliss-reactive ketones (excluding diaryl/α,β-unsaturated/α-hetero) is 1. The van der Waals surface area contributed by atoms with E-state index in [0.717, 1.165) is 33.6 Å². The highest BCUT2D eigenvalue weighted by molar-refractivity contribution is 7.16. The molecule has 0 bridgehead atoms. The van der Waals surface area contributed by atoms with Crippen LogP contribution in [0.1, 0.15) is 38.7 Å². The largest absolute Gasteiger partial charge is 0.493 e. The molecule has 0 amide bonds. The van der Waals surface area contributed by atoms with Gasteiger partial charge in [-0.15, -0.1) is 0 Å². The van der Waals surface area contributed by atoms with Gasteiger partial charge in [0.05, 0.1) is 19.4 Å². The molecule has 1 aliphatic rings. The third kappa shape index (κ3) is 6.29. The molecule has 1 saturated carbocycles. The van der Waals surface area contributed by atoms with E-state index in [0.29, 0.717) is 30.6 Å². The van der Waals surface area contributed by atoms with Crippen LogP contribution in [0.5, 0.6) is 22.4 Å². The molecule has 0 N–H and O–H groups in total. The van der Waals surface area contributed by atoms with Crippen molar-refractivity contribution < 1.29 is 19.0 Å². The average Bonchev–Trinajstić information content (AvgIpc) is 3.47. The first-order chi connectivity index (χ1) is 15.5. The van der Waals surface area contributed by atoms with Crippen molar-refractivity contribution >= 4 is 17.1 Å². The second-order valence-corrected chi connectivity index (χ2v) is 9.47. The third-order valence-corrected chi connectivity index (χ3v) is 6.10. The van der Waals surface area contributed by atoms with Gasteiger partial charge in [0.15, 0.2) is 5.06 Å². The smallest absolute Gasteiger partial charge is 0.219 e. The maximum atomic E-state index is 11.2. The van der Waals surface area contributed by atoms with Crippen LogP contribution >= 0.6 is 11.3 Å². The van der Waals surface area contributed by atoms with Gasteiger partial charge in [-0.1, -0.05) is 24.3 Å². The molecular formula is C25H28N2O4S. The summed E-state index contributed by atoms with van der Waals surface area (Å²) in [6.45, 7) is 6.88. The van der Waals surface area contributed by atoms with Crippen molar-refractivity contribution in [1.29, 1.82) is 0 Å². The maximum absolute atomic E-state index is 11.2. The van der Waals surface area contributed by atoms with Crippen molar-refractivity contribution in [3.05, 3.63) is 48.3 Å². The van der Waals surface area contributed by atoms with E-state index in [9.17, 15) is 4.79 Å². The summed E-state index contributed by atoms with van der Waals surface area (Å²) in [6.07, 6.45) is 6.54. The molecule has 0 unspecified atom stereocenters. The highest BCUT2D eigenvalue weighted by atomic mass is 32.1. The standard InChI is InChI=1S/C25H28N2O4S/c1-16(9-18(3)28)14-30-24-13-27-25(32-24)22-12-26-23(10-17(22)2)31-21-6-4-5-20(11-21)29-15-19-7-8-19/h4-6,10-13,16,19H,7-9,14-15H2,1-3H3/t16-/m1/s1. The molecule has 1 aromatic carbocycles. The number of aromatic nitrogens is 2. The van der Waals surface area contributed by atoms with Crippen LogP contribution in [-0.2, 0) is 4.79 Å². The lowest BCUT2D eigenvalue weighted by atomic mass is 10.1. The van der Waals surface area contributed by atoms with Crippen LogP contribution in [0.4, 0.5) is 0 Å². The zero-order valence-electron chi connectivity index (χ0n) is 18.7. The summed E-state index contributed by atoms with van der Waals surface area (Å²) < 4.78 is 17.6. The minimum Gasteiger partial charge on any atom is -0.493 e. The van der Waals surface area contributed by atoms with Gasteiger partial charge in [-0.05, 0) is 56.2 Å². The molecular weight excluding hydrogens is 424 g/mol. The Morgan fingerprint density at radius 1 is 1.16 bits per heavy atom. The molecule has 0 spiro atoms. The van der Waals surface area contributed by atoms with E-state index in [4.69, 9.17) is 14.2 Å². The first kappa shape index (κ1) is 22.3. The van der Waals surface area contributed by atoms with Crippen LogP contribution in [0.2, 0.25) is 0 Å². The summed E-state index contributed by atoms with van der Waals surface area (Å²) in [6, 6.07) is 9.56. The molecule has 1 fully saturated rings. The zero-order valence-corrected chi connectivity index (χ0v) is 19.5. The molecule has 0 radical (unpaired) electrons. The molecule has 7 heteroatoms. The summed E-state index contributed by atoms with van der Waals surface area (Å²) in [5.74, 6) is 3.09. The Balaban J connectivity index is 1.37. The summed E-state index contributed by atoms with van der Waals surface area (Å²) in [4.78, 5) is 20.2. The Kier molecular flexibility index (Phi) is 7.05. The molecule has 3 aromatic rings. The number of hydrogen-bond acceptors (Lipinski definition) is 7. The van der Waals surface area contributed by atoms with Gasteiger partial charge in [0.25, 0.3) is 0 Å². The predicted octanol–water partition coefficient (Wildman–Crippen LogP) is 6.09. The second-order valence-electron chi connectivity index (χ2n) is 8.48. The molecule has 2 aromatic heterocycles. The fourth-order valence-electron chi connectivity index (χ4n) is 3.28. The molecule has 0 aliphatic heterocycles. The van der Waals surface area contributed by atoms with Gasteiger partial charge in [-0.25, -0.2) is 9.97 Å². The van der Waals surface area contributed by atoms with Crippen molar-refractivity contribution in [3.8, 4) is 33.0 Å². The van der Waals surface area contributed by atoms with Crippen LogP contribution in [-0.4, -0.2) is 29.0 Å². The van der Waals surface area contributed by atoms with E-state index in [1.165, 1.54) is 24.2 Å². The lowest BCUT2D eigenvalue weighted by Gasteiger charge is -2.10. The quantitative estimate of drug-likeness (QED) is 0.351. The summed E-state index contributed by atoms with van der Waals surface area (Å²) in [5, 5.41) is 1.57. The van der Waals surface area contributed by atoms with Crippen LogP contribution < -0.4 is 14.2 Å². The number of thiazole rings is 1. The molecule has 0 saturated heterocycles. The van der Waals surface area contributed by atoms with Gasteiger partial charge < -0.3 is 19.0 Å². The number of hydrogen-bond donors (Lipinski definition) is 0. The molecule has 4 rings (SSSR count). The lowest BCUT2D eigenvalue weighted by Crippen LogP contribution is -2.11. The van der Waals surface area contributed by atoms with E-state index < -0.39 is 0 Å². The first-order valence-electron chi connectivity index (χ1n) is 10.9. The van der Waals surface area contributed by atoms with Gasteiger partial charge in [0.2, 0.25) is 5.88 Å². The number of ketones is 1. The lowest BCUT2D eigenvalue weighted by molar-refractivity contribution is -0.118. The average molecular weight is 453 g/mol. The minimum atomic E-state index is 0.174. The van der Waals surface area contributed by atoms with Crippen molar-refractivity contribution in [3.63, 3.8) is 0 Å². The highest BCUT2D eigenvalue weighted by Crippen LogP contribution is 2.34. The Morgan fingerprint density at radius 2 is 1.97 bits per heavy atom. The van der Waals surface area contributed by atoms with E-state index in [1.54, 1.807) is 19.3 Å². The topological polar surface area (TPSA) is 70.5 Å². The Hall–Kier alpha value is -2.93. The number of carbonyl (C=O) groups excluding carboxylic acids is 1. The van der Waals surface area contributed by atoms with Gasteiger partial charge >= 0.3 is 0 Å². The maximum Gasteiger partial charge on any atom is 0.219 e. The normalized spacial score (nSPS) is 14.1. The summed E-state index contributed by atoms with van der Waals surface area (Å²) in [5.41, 5.74) is 1.96. The van der Waals surface area contributed by atoms with Gasteiger partial charge in [0.1, 0.15) is 22.3 Å². The molecule has 1 aliphatic carbocycles. The zero-order chi connectivity index (χ0) is 22.5. The van der Waals surface area contributed by atoms with E-state index in [1.807, 2.05) is 44.2 Å². The molecule has 168 valence electrons. The Labute approximate surface area is 192 Å². The molecule has 6 nitrogen and oxygen atoms in total. The summed E-state index contributed by atoms with van der Waals surface area (Å²) in [7, 11) is 0. The molecule has 32 heavy (non-hydrogen) atoms. The number of benzene rings is 1. The van der Waals surface area contributed by atoms with E-state index in [-0.39, 0.29) is 11.7 Å². The second kappa shape index (κ2) is 10.1. The third-order valence-electron chi connectivity index (χ3n) is 5.16. The monoisotopic (exact) mass is 452 g/mol.